The van der Waals surface area contributed by atoms with E-state index in [1.807, 2.05) is 51.1 Å². The number of ether oxygens (including phenoxy) is 1. The van der Waals surface area contributed by atoms with Gasteiger partial charge in [0.25, 0.3) is 0 Å². The van der Waals surface area contributed by atoms with Crippen LogP contribution in [0.5, 0.6) is 0 Å². The zero-order valence-corrected chi connectivity index (χ0v) is 20.3. The summed E-state index contributed by atoms with van der Waals surface area (Å²) in [4.78, 5) is 18.6. The van der Waals surface area contributed by atoms with E-state index in [4.69, 9.17) is 4.74 Å². The summed E-state index contributed by atoms with van der Waals surface area (Å²) in [6, 6.07) is 16.0. The van der Waals surface area contributed by atoms with Crippen molar-refractivity contribution in [2.24, 2.45) is 0 Å². The van der Waals surface area contributed by atoms with E-state index in [1.54, 1.807) is 48.5 Å². The molecule has 0 aliphatic rings. The molecule has 1 heterocycles. The van der Waals surface area contributed by atoms with Crippen LogP contribution in [0.15, 0.2) is 71.9 Å². The standard InChI is InChI=1S/C25H31N3O4S/c1-19(27-33(30,31)23-11-10-22-17-26-14-12-21(22)16-23)18-28(24(29)32-25(2,3)4)15-13-20-8-6-5-7-9-20/h5-12,14,16-17,19,27H,13,15,18H2,1-4H3. The highest BCUT2D eigenvalue weighted by atomic mass is 32.2. The van der Waals surface area contributed by atoms with Crippen molar-refractivity contribution in [3.63, 3.8) is 0 Å². The van der Waals surface area contributed by atoms with Crippen LogP contribution in [-0.4, -0.2) is 49.1 Å². The minimum atomic E-state index is -3.77. The van der Waals surface area contributed by atoms with Crippen LogP contribution < -0.4 is 4.72 Å². The van der Waals surface area contributed by atoms with Crippen molar-refractivity contribution in [3.8, 4) is 0 Å². The maximum Gasteiger partial charge on any atom is 0.410 e. The fraction of sp³-hybridized carbons (Fsp3) is 0.360. The Hall–Kier alpha value is -2.97. The summed E-state index contributed by atoms with van der Waals surface area (Å²) in [6.45, 7) is 7.75. The molecule has 1 amide bonds. The molecule has 0 aliphatic carbocycles. The molecule has 1 atom stereocenters. The van der Waals surface area contributed by atoms with E-state index in [0.29, 0.717) is 13.0 Å². The van der Waals surface area contributed by atoms with Crippen molar-refractivity contribution < 1.29 is 17.9 Å². The summed E-state index contributed by atoms with van der Waals surface area (Å²) < 4.78 is 34.2. The Kier molecular flexibility index (Phi) is 7.71. The SMILES string of the molecule is CC(CN(CCc1ccccc1)C(=O)OC(C)(C)C)NS(=O)(=O)c1ccc2cnccc2c1. The molecule has 0 bridgehead atoms. The molecule has 3 aromatic rings. The summed E-state index contributed by atoms with van der Waals surface area (Å²) in [6.07, 6.45) is 3.48. The van der Waals surface area contributed by atoms with Gasteiger partial charge in [-0.05, 0) is 63.3 Å². The van der Waals surface area contributed by atoms with Crippen LogP contribution in [0.1, 0.15) is 33.3 Å². The number of amides is 1. The molecule has 0 saturated heterocycles. The highest BCUT2D eigenvalue weighted by Crippen LogP contribution is 2.19. The second-order valence-electron chi connectivity index (χ2n) is 9.07. The normalized spacial score (nSPS) is 13.0. The van der Waals surface area contributed by atoms with Crippen LogP contribution in [0.4, 0.5) is 4.79 Å². The van der Waals surface area contributed by atoms with Gasteiger partial charge >= 0.3 is 6.09 Å². The summed E-state index contributed by atoms with van der Waals surface area (Å²) in [5, 5.41) is 1.65. The molecular weight excluding hydrogens is 438 g/mol. The maximum absolute atomic E-state index is 13.0. The van der Waals surface area contributed by atoms with E-state index in [9.17, 15) is 13.2 Å². The van der Waals surface area contributed by atoms with Gasteiger partial charge in [0.05, 0.1) is 4.90 Å². The second kappa shape index (κ2) is 10.3. The van der Waals surface area contributed by atoms with Gasteiger partial charge in [0.1, 0.15) is 5.60 Å². The van der Waals surface area contributed by atoms with Crippen LogP contribution in [0.3, 0.4) is 0 Å². The Bertz CT molecular complexity index is 1190. The van der Waals surface area contributed by atoms with Gasteiger partial charge in [-0.3, -0.25) is 4.98 Å². The van der Waals surface area contributed by atoms with Crippen LogP contribution in [-0.2, 0) is 21.2 Å². The number of hydrogen-bond acceptors (Lipinski definition) is 5. The number of nitrogens with one attached hydrogen (secondary N) is 1. The van der Waals surface area contributed by atoms with Crippen molar-refractivity contribution in [1.29, 1.82) is 0 Å². The minimum absolute atomic E-state index is 0.168. The van der Waals surface area contributed by atoms with Gasteiger partial charge in [-0.2, -0.15) is 0 Å². The molecule has 0 fully saturated rings. The smallest absolute Gasteiger partial charge is 0.410 e. The third kappa shape index (κ3) is 7.27. The Labute approximate surface area is 195 Å². The zero-order chi connectivity index (χ0) is 24.1. The average Bonchev–Trinajstić information content (AvgIpc) is 2.75. The van der Waals surface area contributed by atoms with Gasteiger partial charge in [0.2, 0.25) is 10.0 Å². The number of benzene rings is 2. The quantitative estimate of drug-likeness (QED) is 0.529. The Morgan fingerprint density at radius 2 is 1.82 bits per heavy atom. The van der Waals surface area contributed by atoms with E-state index >= 15 is 0 Å². The zero-order valence-electron chi connectivity index (χ0n) is 19.5. The highest BCUT2D eigenvalue weighted by molar-refractivity contribution is 7.89. The van der Waals surface area contributed by atoms with Gasteiger partial charge in [-0.15, -0.1) is 0 Å². The number of aromatic nitrogens is 1. The number of hydrogen-bond donors (Lipinski definition) is 1. The maximum atomic E-state index is 13.0. The van der Waals surface area contributed by atoms with E-state index < -0.39 is 27.8 Å². The number of nitrogens with zero attached hydrogens (tertiary/aromatic N) is 2. The van der Waals surface area contributed by atoms with Crippen molar-refractivity contribution >= 4 is 26.9 Å². The molecule has 33 heavy (non-hydrogen) atoms. The van der Waals surface area contributed by atoms with E-state index in [0.717, 1.165) is 16.3 Å². The fourth-order valence-electron chi connectivity index (χ4n) is 3.42. The van der Waals surface area contributed by atoms with E-state index in [-0.39, 0.29) is 11.4 Å². The predicted octanol–water partition coefficient (Wildman–Crippen LogP) is 4.38. The first kappa shape index (κ1) is 24.7. The largest absolute Gasteiger partial charge is 0.444 e. The van der Waals surface area contributed by atoms with Crippen LogP contribution >= 0.6 is 0 Å². The third-order valence-corrected chi connectivity index (χ3v) is 6.53. The summed E-state index contributed by atoms with van der Waals surface area (Å²) in [7, 11) is -3.77. The molecule has 7 nitrogen and oxygen atoms in total. The molecule has 0 saturated carbocycles. The van der Waals surface area contributed by atoms with Gasteiger partial charge in [0, 0.05) is 36.9 Å². The number of fused-ring (bicyclic) bond motifs is 1. The topological polar surface area (TPSA) is 88.6 Å². The lowest BCUT2D eigenvalue weighted by molar-refractivity contribution is 0.0241. The van der Waals surface area contributed by atoms with Crippen molar-refractivity contribution in [1.82, 2.24) is 14.6 Å². The molecule has 0 spiro atoms. The minimum Gasteiger partial charge on any atom is -0.444 e. The molecule has 1 unspecified atom stereocenters. The van der Waals surface area contributed by atoms with Gasteiger partial charge in [-0.1, -0.05) is 36.4 Å². The van der Waals surface area contributed by atoms with Gasteiger partial charge in [-0.25, -0.2) is 17.9 Å². The molecule has 3 rings (SSSR count). The molecule has 1 N–H and O–H groups in total. The summed E-state index contributed by atoms with van der Waals surface area (Å²) in [5.74, 6) is 0. The number of pyridine rings is 1. The molecule has 176 valence electrons. The van der Waals surface area contributed by atoms with Crippen LogP contribution in [0, 0.1) is 0 Å². The molecule has 8 heteroatoms. The van der Waals surface area contributed by atoms with Gasteiger partial charge < -0.3 is 9.64 Å². The summed E-state index contributed by atoms with van der Waals surface area (Å²) in [5.41, 5.74) is 0.440. The van der Waals surface area contributed by atoms with E-state index in [2.05, 4.69) is 9.71 Å². The van der Waals surface area contributed by atoms with Crippen LogP contribution in [0.2, 0.25) is 0 Å². The fourth-order valence-corrected chi connectivity index (χ4v) is 4.69. The van der Waals surface area contributed by atoms with Crippen LogP contribution in [0.25, 0.3) is 10.8 Å². The Morgan fingerprint density at radius 1 is 1.09 bits per heavy atom. The number of carbonyl (C=O) groups excluding carboxylic acids is 1. The third-order valence-electron chi connectivity index (χ3n) is 4.94. The lowest BCUT2D eigenvalue weighted by atomic mass is 10.1. The molecule has 2 aromatic carbocycles. The number of sulfonamides is 1. The predicted molar refractivity (Wildman–Crippen MR) is 129 cm³/mol. The second-order valence-corrected chi connectivity index (χ2v) is 10.8. The van der Waals surface area contributed by atoms with Crippen molar-refractivity contribution in [3.05, 3.63) is 72.6 Å². The molecular formula is C25H31N3O4S. The van der Waals surface area contributed by atoms with E-state index in [1.165, 1.54) is 0 Å². The molecule has 0 radical (unpaired) electrons. The Balaban J connectivity index is 1.72. The lowest BCUT2D eigenvalue weighted by Crippen LogP contribution is -2.46. The summed E-state index contributed by atoms with van der Waals surface area (Å²) >= 11 is 0. The van der Waals surface area contributed by atoms with Crippen molar-refractivity contribution in [2.75, 3.05) is 13.1 Å². The first-order valence-corrected chi connectivity index (χ1v) is 12.4. The number of carbonyl (C=O) groups is 1. The average molecular weight is 470 g/mol. The first-order valence-electron chi connectivity index (χ1n) is 10.9. The monoisotopic (exact) mass is 469 g/mol. The lowest BCUT2D eigenvalue weighted by Gasteiger charge is -2.29. The molecule has 0 aliphatic heterocycles. The first-order chi connectivity index (χ1) is 15.5. The van der Waals surface area contributed by atoms with Crippen molar-refractivity contribution in [2.45, 2.75) is 50.7 Å². The van der Waals surface area contributed by atoms with Gasteiger partial charge in [0.15, 0.2) is 0 Å². The number of rotatable bonds is 8. The Morgan fingerprint density at radius 3 is 2.52 bits per heavy atom. The molecule has 1 aromatic heterocycles. The highest BCUT2D eigenvalue weighted by Gasteiger charge is 2.25.